The van der Waals surface area contributed by atoms with Crippen molar-refractivity contribution in [3.63, 3.8) is 0 Å². The molecule has 1 aliphatic heterocycles. The highest BCUT2D eigenvalue weighted by Gasteiger charge is 2.32. The number of nitrogens with one attached hydrogen (secondary N) is 1. The number of rotatable bonds is 6. The number of fused-ring (bicyclic) bond motifs is 1. The highest BCUT2D eigenvalue weighted by atomic mass is 35.5. The van der Waals surface area contributed by atoms with E-state index < -0.39 is 0 Å². The number of aryl methyl sites for hydroxylation is 1. The molecule has 2 aromatic carbocycles. The van der Waals surface area contributed by atoms with E-state index in [-0.39, 0.29) is 42.1 Å². The van der Waals surface area contributed by atoms with E-state index in [0.29, 0.717) is 11.6 Å². The topological polar surface area (TPSA) is 84.3 Å². The molecule has 8 heteroatoms. The monoisotopic (exact) mass is 450 g/mol. The Balaban J connectivity index is 1.41. The fourth-order valence-electron chi connectivity index (χ4n) is 3.82. The van der Waals surface area contributed by atoms with Gasteiger partial charge in [-0.15, -0.1) is 0 Å². The zero-order chi connectivity index (χ0) is 22.7. The van der Waals surface area contributed by atoms with Crippen LogP contribution in [0, 0.1) is 0 Å². The molecule has 3 aromatic rings. The summed E-state index contributed by atoms with van der Waals surface area (Å²) in [4.78, 5) is 39.3. The Morgan fingerprint density at radius 1 is 1.09 bits per heavy atom. The van der Waals surface area contributed by atoms with Crippen LogP contribution in [0.15, 0.2) is 65.5 Å². The molecule has 0 radical (unpaired) electrons. The summed E-state index contributed by atoms with van der Waals surface area (Å²) in [5.41, 5.74) is 2.72. The number of halogens is 1. The summed E-state index contributed by atoms with van der Waals surface area (Å²) in [5.74, 6) is -0.476. The summed E-state index contributed by atoms with van der Waals surface area (Å²) < 4.78 is 1.17. The molecule has 1 aromatic heterocycles. The van der Waals surface area contributed by atoms with Crippen LogP contribution in [0.2, 0.25) is 5.02 Å². The molecule has 1 unspecified atom stereocenters. The molecule has 7 nitrogen and oxygen atoms in total. The number of aromatic nitrogens is 2. The van der Waals surface area contributed by atoms with Gasteiger partial charge in [0.15, 0.2) is 0 Å². The lowest BCUT2D eigenvalue weighted by Gasteiger charge is -2.22. The molecule has 164 valence electrons. The van der Waals surface area contributed by atoms with Crippen LogP contribution in [0.25, 0.3) is 0 Å². The number of carbonyl (C=O) groups excluding carboxylic acids is 2. The number of para-hydroxylation sites is 1. The average Bonchev–Trinajstić information content (AvgIpc) is 3.13. The van der Waals surface area contributed by atoms with Gasteiger partial charge in [0.25, 0.3) is 11.5 Å². The van der Waals surface area contributed by atoms with Gasteiger partial charge in [0.05, 0.1) is 6.54 Å². The summed E-state index contributed by atoms with van der Waals surface area (Å²) in [7, 11) is 0. The first-order chi connectivity index (χ1) is 15.4. The molecule has 2 amide bonds. The zero-order valence-corrected chi connectivity index (χ0v) is 18.4. The molecule has 0 bridgehead atoms. The lowest BCUT2D eigenvalue weighted by molar-refractivity contribution is -0.121. The van der Waals surface area contributed by atoms with Gasteiger partial charge in [0.1, 0.15) is 5.69 Å². The number of carbonyl (C=O) groups is 2. The highest BCUT2D eigenvalue weighted by molar-refractivity contribution is 6.30. The number of benzene rings is 2. The molecule has 0 fully saturated rings. The van der Waals surface area contributed by atoms with Gasteiger partial charge >= 0.3 is 0 Å². The predicted octanol–water partition coefficient (Wildman–Crippen LogP) is 3.19. The minimum atomic E-state index is -0.359. The Hall–Kier alpha value is -3.45. The maximum atomic E-state index is 13.2. The predicted molar refractivity (Wildman–Crippen MR) is 123 cm³/mol. The largest absolute Gasteiger partial charge is 0.352 e. The van der Waals surface area contributed by atoms with Gasteiger partial charge in [-0.05, 0) is 48.7 Å². The van der Waals surface area contributed by atoms with Crippen molar-refractivity contribution in [1.82, 2.24) is 15.1 Å². The third-order valence-electron chi connectivity index (χ3n) is 5.47. The van der Waals surface area contributed by atoms with E-state index in [0.717, 1.165) is 23.2 Å². The van der Waals surface area contributed by atoms with E-state index in [4.69, 9.17) is 11.6 Å². The Bertz CT molecular complexity index is 1210. The van der Waals surface area contributed by atoms with E-state index in [1.54, 1.807) is 17.0 Å². The Labute approximate surface area is 190 Å². The summed E-state index contributed by atoms with van der Waals surface area (Å²) >= 11 is 5.86. The highest BCUT2D eigenvalue weighted by Crippen LogP contribution is 2.32. The average molecular weight is 451 g/mol. The molecule has 0 spiro atoms. The molecular formula is C24H23ClN4O3. The van der Waals surface area contributed by atoms with Crippen LogP contribution in [0.4, 0.5) is 5.69 Å². The molecule has 1 N–H and O–H groups in total. The first kappa shape index (κ1) is 21.8. The lowest BCUT2D eigenvalue weighted by atomic mass is 10.1. The molecule has 1 atom stereocenters. The van der Waals surface area contributed by atoms with Crippen molar-refractivity contribution < 1.29 is 9.59 Å². The third-order valence-corrected chi connectivity index (χ3v) is 5.72. The molecule has 2 heterocycles. The van der Waals surface area contributed by atoms with Gasteiger partial charge in [-0.25, -0.2) is 4.68 Å². The fraction of sp³-hybridized carbons (Fsp3) is 0.250. The lowest BCUT2D eigenvalue weighted by Crippen LogP contribution is -2.38. The summed E-state index contributed by atoms with van der Waals surface area (Å²) in [6, 6.07) is 17.7. The van der Waals surface area contributed by atoms with E-state index >= 15 is 0 Å². The second-order valence-electron chi connectivity index (χ2n) is 7.79. The Kier molecular flexibility index (Phi) is 6.37. The third kappa shape index (κ3) is 4.73. The number of nitrogens with zero attached hydrogens (tertiary/aromatic N) is 3. The molecule has 0 aliphatic carbocycles. The fourth-order valence-corrected chi connectivity index (χ4v) is 3.95. The normalized spacial score (nSPS) is 14.8. The summed E-state index contributed by atoms with van der Waals surface area (Å²) in [5, 5.41) is 7.68. The Morgan fingerprint density at radius 3 is 2.62 bits per heavy atom. The van der Waals surface area contributed by atoms with Crippen molar-refractivity contribution in [3.8, 4) is 0 Å². The van der Waals surface area contributed by atoms with Crippen molar-refractivity contribution >= 4 is 29.1 Å². The van der Waals surface area contributed by atoms with E-state index in [9.17, 15) is 14.4 Å². The maximum absolute atomic E-state index is 13.2. The van der Waals surface area contributed by atoms with Crippen LogP contribution in [0.1, 0.15) is 35.0 Å². The molecule has 0 saturated carbocycles. The number of anilines is 1. The second kappa shape index (κ2) is 9.36. The molecule has 4 rings (SSSR count). The van der Waals surface area contributed by atoms with Crippen LogP contribution in [-0.4, -0.2) is 27.6 Å². The van der Waals surface area contributed by atoms with Crippen molar-refractivity contribution in [1.29, 1.82) is 0 Å². The van der Waals surface area contributed by atoms with Gasteiger partial charge in [-0.3, -0.25) is 14.4 Å². The van der Waals surface area contributed by atoms with Crippen molar-refractivity contribution in [2.24, 2.45) is 0 Å². The van der Waals surface area contributed by atoms with E-state index in [1.807, 2.05) is 43.3 Å². The first-order valence-electron chi connectivity index (χ1n) is 10.4. The quantitative estimate of drug-likeness (QED) is 0.625. The van der Waals surface area contributed by atoms with Crippen LogP contribution < -0.4 is 15.8 Å². The molecular weight excluding hydrogens is 428 g/mol. The van der Waals surface area contributed by atoms with Crippen LogP contribution in [0.5, 0.6) is 0 Å². The van der Waals surface area contributed by atoms with E-state index in [1.165, 1.54) is 16.8 Å². The number of amides is 2. The maximum Gasteiger partial charge on any atom is 0.278 e. The molecule has 0 saturated heterocycles. The van der Waals surface area contributed by atoms with Gasteiger partial charge in [0.2, 0.25) is 5.91 Å². The molecule has 1 aliphatic rings. The minimum absolute atomic E-state index is 0.000670. The van der Waals surface area contributed by atoms with Crippen molar-refractivity contribution in [2.45, 2.75) is 38.9 Å². The van der Waals surface area contributed by atoms with E-state index in [2.05, 4.69) is 10.4 Å². The van der Waals surface area contributed by atoms with Gasteiger partial charge in [0, 0.05) is 35.8 Å². The van der Waals surface area contributed by atoms with Gasteiger partial charge < -0.3 is 10.2 Å². The standard InChI is InChI=1S/C24H23ClN4O3/c1-16-14-18-4-2-3-5-21(18)29(16)24(32)20-10-11-23(31)28(27-20)13-12-22(30)26-15-17-6-8-19(25)9-7-17/h2-11,16H,12-15H2,1H3,(H,26,30). The smallest absolute Gasteiger partial charge is 0.278 e. The van der Waals surface area contributed by atoms with Crippen LogP contribution >= 0.6 is 11.6 Å². The minimum Gasteiger partial charge on any atom is -0.352 e. The first-order valence-corrected chi connectivity index (χ1v) is 10.8. The van der Waals surface area contributed by atoms with Gasteiger partial charge in [-0.2, -0.15) is 5.10 Å². The van der Waals surface area contributed by atoms with Crippen molar-refractivity contribution in [3.05, 3.63) is 92.9 Å². The van der Waals surface area contributed by atoms with Crippen molar-refractivity contribution in [2.75, 3.05) is 4.90 Å². The molecule has 32 heavy (non-hydrogen) atoms. The second-order valence-corrected chi connectivity index (χ2v) is 8.23. The number of hydrogen-bond donors (Lipinski definition) is 1. The summed E-state index contributed by atoms with van der Waals surface area (Å²) in [6.45, 7) is 2.43. The SMILES string of the molecule is CC1Cc2ccccc2N1C(=O)c1ccc(=O)n(CCC(=O)NCc2ccc(Cl)cc2)n1. The summed E-state index contributed by atoms with van der Waals surface area (Å²) in [6.07, 6.45) is 0.844. The Morgan fingerprint density at radius 2 is 1.84 bits per heavy atom. The zero-order valence-electron chi connectivity index (χ0n) is 17.6. The van der Waals surface area contributed by atoms with Crippen LogP contribution in [-0.2, 0) is 24.3 Å². The number of hydrogen-bond acceptors (Lipinski definition) is 4. The van der Waals surface area contributed by atoms with Gasteiger partial charge in [-0.1, -0.05) is 41.9 Å². The van der Waals surface area contributed by atoms with Crippen LogP contribution in [0.3, 0.4) is 0 Å².